The molecule has 1 aromatic rings. The quantitative estimate of drug-likeness (QED) is 0.612. The number of amides is 1. The summed E-state index contributed by atoms with van der Waals surface area (Å²) in [5, 5.41) is 31.5. The largest absolute Gasteiger partial charge is 0.445 e. The van der Waals surface area contributed by atoms with Crippen LogP contribution in [0.2, 0.25) is 0 Å². The summed E-state index contributed by atoms with van der Waals surface area (Å²) in [4.78, 5) is 11.7. The molecular weight excluding hydrogens is 278 g/mol. The van der Waals surface area contributed by atoms with E-state index in [1.165, 1.54) is 6.92 Å². The Morgan fingerprint density at radius 2 is 1.90 bits per heavy atom. The zero-order chi connectivity index (χ0) is 15.4. The number of aliphatic hydroxyl groups excluding tert-OH is 3. The van der Waals surface area contributed by atoms with Crippen LogP contribution in [0.15, 0.2) is 30.3 Å². The van der Waals surface area contributed by atoms with Crippen molar-refractivity contribution in [2.75, 3.05) is 0 Å². The Labute approximate surface area is 122 Å². The van der Waals surface area contributed by atoms with E-state index in [0.29, 0.717) is 0 Å². The summed E-state index contributed by atoms with van der Waals surface area (Å²) in [6.45, 7) is 1.60. The van der Waals surface area contributed by atoms with Crippen molar-refractivity contribution in [3.05, 3.63) is 35.9 Å². The highest BCUT2D eigenvalue weighted by molar-refractivity contribution is 5.67. The lowest BCUT2D eigenvalue weighted by atomic mass is 9.97. The zero-order valence-electron chi connectivity index (χ0n) is 11.5. The highest BCUT2D eigenvalue weighted by Gasteiger charge is 2.43. The molecule has 116 valence electrons. The average molecular weight is 297 g/mol. The maximum atomic E-state index is 11.7. The molecule has 1 aliphatic heterocycles. The fourth-order valence-electron chi connectivity index (χ4n) is 2.12. The van der Waals surface area contributed by atoms with Crippen LogP contribution in [0.5, 0.6) is 0 Å². The number of nitrogens with one attached hydrogen (secondary N) is 1. The summed E-state index contributed by atoms with van der Waals surface area (Å²) in [5.74, 6) is 0. The monoisotopic (exact) mass is 297 g/mol. The topological polar surface area (TPSA) is 108 Å². The van der Waals surface area contributed by atoms with Crippen LogP contribution in [0.25, 0.3) is 0 Å². The molecule has 1 amide bonds. The Balaban J connectivity index is 1.89. The second kappa shape index (κ2) is 6.86. The molecule has 0 aliphatic carbocycles. The molecule has 1 heterocycles. The summed E-state index contributed by atoms with van der Waals surface area (Å²) in [6, 6.07) is 8.03. The molecule has 0 bridgehead atoms. The van der Waals surface area contributed by atoms with Crippen LogP contribution in [0, 0.1) is 0 Å². The second-order valence-electron chi connectivity index (χ2n) is 4.94. The summed E-state index contributed by atoms with van der Waals surface area (Å²) >= 11 is 0. The first-order valence-corrected chi connectivity index (χ1v) is 6.66. The normalized spacial score (nSPS) is 32.5. The smallest absolute Gasteiger partial charge is 0.407 e. The molecule has 0 saturated carbocycles. The van der Waals surface area contributed by atoms with Gasteiger partial charge in [-0.15, -0.1) is 0 Å². The van der Waals surface area contributed by atoms with Crippen LogP contribution in [0.4, 0.5) is 4.79 Å². The SMILES string of the molecule is C[C@@H]1O[C@@H](O)[C@H](O)[C@H](NC(=O)OCc2ccccc2)[C@H]1O. The van der Waals surface area contributed by atoms with Gasteiger partial charge in [-0.05, 0) is 12.5 Å². The molecule has 5 atom stereocenters. The summed E-state index contributed by atoms with van der Waals surface area (Å²) in [6.07, 6.45) is -5.55. The van der Waals surface area contributed by atoms with E-state index >= 15 is 0 Å². The van der Waals surface area contributed by atoms with Gasteiger partial charge in [0.1, 0.15) is 18.8 Å². The van der Waals surface area contributed by atoms with Gasteiger partial charge in [-0.25, -0.2) is 4.79 Å². The van der Waals surface area contributed by atoms with Gasteiger partial charge in [0.05, 0.1) is 12.1 Å². The minimum Gasteiger partial charge on any atom is -0.445 e. The first-order valence-electron chi connectivity index (χ1n) is 6.66. The van der Waals surface area contributed by atoms with Crippen molar-refractivity contribution in [2.24, 2.45) is 0 Å². The highest BCUT2D eigenvalue weighted by Crippen LogP contribution is 2.19. The number of alkyl carbamates (subject to hydrolysis) is 1. The molecule has 1 fully saturated rings. The summed E-state index contributed by atoms with van der Waals surface area (Å²) in [5.41, 5.74) is 0.814. The number of hydrogen-bond donors (Lipinski definition) is 4. The molecular formula is C14H19NO6. The van der Waals surface area contributed by atoms with E-state index in [1.807, 2.05) is 18.2 Å². The minimum atomic E-state index is -1.47. The molecule has 21 heavy (non-hydrogen) atoms. The van der Waals surface area contributed by atoms with Crippen LogP contribution >= 0.6 is 0 Å². The van der Waals surface area contributed by atoms with Gasteiger partial charge in [0.25, 0.3) is 0 Å². The van der Waals surface area contributed by atoms with Gasteiger partial charge >= 0.3 is 6.09 Å². The van der Waals surface area contributed by atoms with E-state index in [9.17, 15) is 20.1 Å². The van der Waals surface area contributed by atoms with Crippen LogP contribution in [0.1, 0.15) is 12.5 Å². The average Bonchev–Trinajstić information content (AvgIpc) is 2.48. The standard InChI is InChI=1S/C14H19NO6/c1-8-11(16)10(12(17)13(18)21-8)15-14(19)20-7-9-5-3-2-4-6-9/h2-6,8,10-13,16-18H,7H2,1H3,(H,15,19)/t8-,10+,11-,12+,13+/m0/s1. The Kier molecular flexibility index (Phi) is 5.13. The maximum absolute atomic E-state index is 11.7. The first kappa shape index (κ1) is 15.7. The van der Waals surface area contributed by atoms with Gasteiger partial charge in [-0.1, -0.05) is 30.3 Å². The van der Waals surface area contributed by atoms with Crippen molar-refractivity contribution in [2.45, 2.75) is 44.2 Å². The number of rotatable bonds is 3. The Hall–Kier alpha value is -1.67. The molecule has 7 heteroatoms. The molecule has 2 rings (SSSR count). The van der Waals surface area contributed by atoms with Gasteiger partial charge in [0.15, 0.2) is 6.29 Å². The fraction of sp³-hybridized carbons (Fsp3) is 0.500. The van der Waals surface area contributed by atoms with Crippen molar-refractivity contribution < 1.29 is 29.6 Å². The fourth-order valence-corrected chi connectivity index (χ4v) is 2.12. The van der Waals surface area contributed by atoms with E-state index in [0.717, 1.165) is 5.56 Å². The molecule has 1 saturated heterocycles. The molecule has 4 N–H and O–H groups in total. The van der Waals surface area contributed by atoms with Gasteiger partial charge in [-0.2, -0.15) is 0 Å². The second-order valence-corrected chi connectivity index (χ2v) is 4.94. The zero-order valence-corrected chi connectivity index (χ0v) is 11.5. The number of hydrogen-bond acceptors (Lipinski definition) is 6. The summed E-state index contributed by atoms with van der Waals surface area (Å²) in [7, 11) is 0. The Morgan fingerprint density at radius 3 is 2.57 bits per heavy atom. The molecule has 0 spiro atoms. The highest BCUT2D eigenvalue weighted by atomic mass is 16.6. The van der Waals surface area contributed by atoms with Crippen LogP contribution in [-0.4, -0.2) is 52.1 Å². The predicted molar refractivity (Wildman–Crippen MR) is 72.1 cm³/mol. The third kappa shape index (κ3) is 3.92. The molecule has 0 aromatic heterocycles. The van der Waals surface area contributed by atoms with E-state index < -0.39 is 36.7 Å². The third-order valence-electron chi connectivity index (χ3n) is 3.36. The molecule has 7 nitrogen and oxygen atoms in total. The van der Waals surface area contributed by atoms with E-state index in [1.54, 1.807) is 12.1 Å². The van der Waals surface area contributed by atoms with Crippen molar-refractivity contribution in [3.63, 3.8) is 0 Å². The number of aliphatic hydroxyl groups is 3. The van der Waals surface area contributed by atoms with Crippen LogP contribution < -0.4 is 5.32 Å². The first-order chi connectivity index (χ1) is 9.99. The van der Waals surface area contributed by atoms with Gasteiger partial charge in [-0.3, -0.25) is 0 Å². The lowest BCUT2D eigenvalue weighted by Gasteiger charge is -2.39. The molecule has 0 radical (unpaired) electrons. The molecule has 1 aromatic carbocycles. The number of carbonyl (C=O) groups is 1. The van der Waals surface area contributed by atoms with Crippen LogP contribution in [-0.2, 0) is 16.1 Å². The number of ether oxygens (including phenoxy) is 2. The lowest BCUT2D eigenvalue weighted by Crippen LogP contribution is -2.63. The van der Waals surface area contributed by atoms with E-state index in [2.05, 4.69) is 5.32 Å². The minimum absolute atomic E-state index is 0.0696. The summed E-state index contributed by atoms with van der Waals surface area (Å²) < 4.78 is 9.92. The molecule has 1 aliphatic rings. The van der Waals surface area contributed by atoms with E-state index in [4.69, 9.17) is 9.47 Å². The Morgan fingerprint density at radius 1 is 1.24 bits per heavy atom. The van der Waals surface area contributed by atoms with Crippen molar-refractivity contribution in [1.82, 2.24) is 5.32 Å². The number of carbonyl (C=O) groups excluding carboxylic acids is 1. The van der Waals surface area contributed by atoms with Gasteiger partial charge < -0.3 is 30.1 Å². The van der Waals surface area contributed by atoms with Gasteiger partial charge in [0.2, 0.25) is 0 Å². The molecule has 0 unspecified atom stereocenters. The van der Waals surface area contributed by atoms with E-state index in [-0.39, 0.29) is 6.61 Å². The lowest BCUT2D eigenvalue weighted by molar-refractivity contribution is -0.250. The number of benzene rings is 1. The maximum Gasteiger partial charge on any atom is 0.407 e. The Bertz CT molecular complexity index is 454. The predicted octanol–water partition coefficient (Wildman–Crippen LogP) is -0.260. The van der Waals surface area contributed by atoms with Crippen LogP contribution in [0.3, 0.4) is 0 Å². The van der Waals surface area contributed by atoms with Gasteiger partial charge in [0, 0.05) is 0 Å². The van der Waals surface area contributed by atoms with Crippen molar-refractivity contribution in [3.8, 4) is 0 Å². The van der Waals surface area contributed by atoms with Crippen molar-refractivity contribution in [1.29, 1.82) is 0 Å². The third-order valence-corrected chi connectivity index (χ3v) is 3.36. The van der Waals surface area contributed by atoms with Crippen molar-refractivity contribution >= 4 is 6.09 Å².